The van der Waals surface area contributed by atoms with E-state index in [2.05, 4.69) is 11.8 Å². The lowest BCUT2D eigenvalue weighted by molar-refractivity contribution is -0.384. The van der Waals surface area contributed by atoms with E-state index in [1.54, 1.807) is 16.2 Å². The number of fused-ring (bicyclic) bond motifs is 3. The molecule has 0 spiro atoms. The maximum atomic E-state index is 13.5. The first kappa shape index (κ1) is 22.5. The first-order valence-electron chi connectivity index (χ1n) is 11.8. The van der Waals surface area contributed by atoms with Crippen LogP contribution in [0, 0.1) is 10.1 Å². The maximum Gasteiger partial charge on any atom is 0.269 e. The van der Waals surface area contributed by atoms with Gasteiger partial charge < -0.3 is 9.80 Å². The van der Waals surface area contributed by atoms with Gasteiger partial charge in [-0.05, 0) is 49.8 Å². The smallest absolute Gasteiger partial charge is 0.269 e. The molecule has 0 radical (unpaired) electrons. The Morgan fingerprint density at radius 3 is 2.50 bits per heavy atom. The monoisotopic (exact) mass is 481 g/mol. The first-order chi connectivity index (χ1) is 16.5. The molecule has 3 aromatic rings. The number of piperazine rings is 1. The second kappa shape index (κ2) is 9.17. The molecule has 5 rings (SSSR count). The van der Waals surface area contributed by atoms with E-state index in [0.717, 1.165) is 35.9 Å². The molecular weight excluding hydrogens is 454 g/mol. The van der Waals surface area contributed by atoms with Gasteiger partial charge in [0.1, 0.15) is 4.83 Å². The third-order valence-corrected chi connectivity index (χ3v) is 7.86. The zero-order valence-corrected chi connectivity index (χ0v) is 20.0. The highest BCUT2D eigenvalue weighted by molar-refractivity contribution is 7.18. The Morgan fingerprint density at radius 1 is 1.12 bits per heavy atom. The van der Waals surface area contributed by atoms with Gasteiger partial charge in [0.05, 0.1) is 10.3 Å². The summed E-state index contributed by atoms with van der Waals surface area (Å²) < 4.78 is 1.82. The van der Waals surface area contributed by atoms with Crippen LogP contribution in [0.3, 0.4) is 0 Å². The van der Waals surface area contributed by atoms with Gasteiger partial charge in [-0.1, -0.05) is 6.92 Å². The highest BCUT2D eigenvalue weighted by atomic mass is 32.1. The molecule has 34 heavy (non-hydrogen) atoms. The molecule has 3 heterocycles. The van der Waals surface area contributed by atoms with E-state index in [4.69, 9.17) is 4.98 Å². The van der Waals surface area contributed by atoms with E-state index in [0.29, 0.717) is 44.2 Å². The van der Waals surface area contributed by atoms with E-state index < -0.39 is 4.92 Å². The van der Waals surface area contributed by atoms with Crippen LogP contribution in [0.25, 0.3) is 10.2 Å². The standard InChI is InChI=1S/C24H27N5O4S/c1-2-11-28-23(31)20-18-5-3-4-6-19(18)34-21(20)25-24(28)27-14-12-26(13-15-27)22(30)16-7-9-17(10-8-16)29(32)33/h7-10H,2-6,11-15H2,1H3. The van der Waals surface area contributed by atoms with Gasteiger partial charge in [0.2, 0.25) is 5.95 Å². The lowest BCUT2D eigenvalue weighted by Crippen LogP contribution is -2.50. The van der Waals surface area contributed by atoms with Gasteiger partial charge in [-0.25, -0.2) is 4.98 Å². The quantitative estimate of drug-likeness (QED) is 0.408. The molecule has 1 amide bonds. The summed E-state index contributed by atoms with van der Waals surface area (Å²) in [6.45, 7) is 4.82. The van der Waals surface area contributed by atoms with Crippen molar-refractivity contribution < 1.29 is 9.72 Å². The number of hydrogen-bond donors (Lipinski definition) is 0. The number of carbonyl (C=O) groups excluding carboxylic acids is 1. The van der Waals surface area contributed by atoms with Crippen molar-refractivity contribution in [2.45, 2.75) is 45.6 Å². The average Bonchev–Trinajstić information content (AvgIpc) is 3.24. The number of aryl methyl sites for hydroxylation is 2. The van der Waals surface area contributed by atoms with E-state index in [1.807, 2.05) is 4.57 Å². The number of nitro benzene ring substituents is 1. The van der Waals surface area contributed by atoms with Crippen LogP contribution in [0.5, 0.6) is 0 Å². The number of nitro groups is 1. The van der Waals surface area contributed by atoms with Crippen LogP contribution in [-0.4, -0.2) is 51.5 Å². The molecule has 1 fully saturated rings. The molecule has 0 N–H and O–H groups in total. The van der Waals surface area contributed by atoms with Gasteiger partial charge in [0.15, 0.2) is 0 Å². The minimum Gasteiger partial charge on any atom is -0.339 e. The molecule has 9 nitrogen and oxygen atoms in total. The molecule has 0 unspecified atom stereocenters. The van der Waals surface area contributed by atoms with Crippen LogP contribution < -0.4 is 10.5 Å². The second-order valence-electron chi connectivity index (χ2n) is 8.84. The number of amides is 1. The zero-order chi connectivity index (χ0) is 23.8. The Kier molecular flexibility index (Phi) is 6.07. The lowest BCUT2D eigenvalue weighted by Gasteiger charge is -2.36. The number of hydrogen-bond acceptors (Lipinski definition) is 7. The summed E-state index contributed by atoms with van der Waals surface area (Å²) in [4.78, 5) is 47.8. The fraction of sp³-hybridized carbons (Fsp3) is 0.458. The minimum atomic E-state index is -0.476. The molecule has 2 aliphatic rings. The summed E-state index contributed by atoms with van der Waals surface area (Å²) in [6, 6.07) is 5.71. The molecule has 1 saturated heterocycles. The SMILES string of the molecule is CCCn1c(N2CCN(C(=O)c3ccc([N+](=O)[O-])cc3)CC2)nc2sc3c(c2c1=O)CCCC3. The fourth-order valence-corrected chi connectivity index (χ4v) is 6.16. The van der Waals surface area contributed by atoms with E-state index in [1.165, 1.54) is 41.1 Å². The number of aromatic nitrogens is 2. The summed E-state index contributed by atoms with van der Waals surface area (Å²) in [6.07, 6.45) is 5.12. The predicted octanol–water partition coefficient (Wildman–Crippen LogP) is 3.62. The van der Waals surface area contributed by atoms with Gasteiger partial charge in [0, 0.05) is 55.3 Å². The number of benzene rings is 1. The highest BCUT2D eigenvalue weighted by Crippen LogP contribution is 2.34. The molecule has 10 heteroatoms. The van der Waals surface area contributed by atoms with Crippen LogP contribution in [0.15, 0.2) is 29.1 Å². The number of carbonyl (C=O) groups is 1. The topological polar surface area (TPSA) is 102 Å². The van der Waals surface area contributed by atoms with Crippen LogP contribution in [0.2, 0.25) is 0 Å². The minimum absolute atomic E-state index is 0.0352. The molecular formula is C24H27N5O4S. The molecule has 0 bridgehead atoms. The van der Waals surface area contributed by atoms with Crippen molar-refractivity contribution in [3.63, 3.8) is 0 Å². The summed E-state index contributed by atoms with van der Waals surface area (Å²) in [5.74, 6) is 0.551. The van der Waals surface area contributed by atoms with Crippen molar-refractivity contribution in [3.05, 3.63) is 60.7 Å². The zero-order valence-electron chi connectivity index (χ0n) is 19.2. The largest absolute Gasteiger partial charge is 0.339 e. The molecule has 0 atom stereocenters. The van der Waals surface area contributed by atoms with Gasteiger partial charge >= 0.3 is 0 Å². The third-order valence-electron chi connectivity index (χ3n) is 6.68. The third kappa shape index (κ3) is 3.96. The van der Waals surface area contributed by atoms with Gasteiger partial charge in [-0.3, -0.25) is 24.3 Å². The van der Waals surface area contributed by atoms with Crippen molar-refractivity contribution in [1.82, 2.24) is 14.5 Å². The Bertz CT molecular complexity index is 1310. The molecule has 1 aliphatic carbocycles. The Morgan fingerprint density at radius 2 is 1.82 bits per heavy atom. The van der Waals surface area contributed by atoms with Crippen molar-refractivity contribution in [3.8, 4) is 0 Å². The van der Waals surface area contributed by atoms with Gasteiger partial charge in [0.25, 0.3) is 17.2 Å². The number of nitrogens with zero attached hydrogens (tertiary/aromatic N) is 5. The van der Waals surface area contributed by atoms with Crippen LogP contribution >= 0.6 is 11.3 Å². The number of anilines is 1. The molecule has 2 aromatic heterocycles. The Labute approximate surface area is 200 Å². The van der Waals surface area contributed by atoms with Crippen LogP contribution in [0.1, 0.15) is 47.0 Å². The van der Waals surface area contributed by atoms with E-state index in [9.17, 15) is 19.7 Å². The highest BCUT2D eigenvalue weighted by Gasteiger charge is 2.27. The van der Waals surface area contributed by atoms with Crippen molar-refractivity contribution in [2.75, 3.05) is 31.1 Å². The van der Waals surface area contributed by atoms with Crippen molar-refractivity contribution in [2.24, 2.45) is 0 Å². The lowest BCUT2D eigenvalue weighted by atomic mass is 9.97. The van der Waals surface area contributed by atoms with E-state index in [-0.39, 0.29) is 17.2 Å². The summed E-state index contributed by atoms with van der Waals surface area (Å²) in [7, 11) is 0. The fourth-order valence-electron chi connectivity index (χ4n) is 4.91. The van der Waals surface area contributed by atoms with Crippen molar-refractivity contribution in [1.29, 1.82) is 0 Å². The number of rotatable bonds is 5. The first-order valence-corrected chi connectivity index (χ1v) is 12.6. The molecule has 0 saturated carbocycles. The molecule has 1 aromatic carbocycles. The normalized spacial score (nSPS) is 16.0. The van der Waals surface area contributed by atoms with Crippen molar-refractivity contribution >= 4 is 39.1 Å². The molecule has 178 valence electrons. The average molecular weight is 482 g/mol. The molecule has 1 aliphatic heterocycles. The summed E-state index contributed by atoms with van der Waals surface area (Å²) in [5.41, 5.74) is 1.67. The summed E-state index contributed by atoms with van der Waals surface area (Å²) >= 11 is 1.66. The summed E-state index contributed by atoms with van der Waals surface area (Å²) in [5, 5.41) is 11.7. The van der Waals surface area contributed by atoms with Crippen LogP contribution in [-0.2, 0) is 19.4 Å². The predicted molar refractivity (Wildman–Crippen MR) is 132 cm³/mol. The maximum absolute atomic E-state index is 13.5. The second-order valence-corrected chi connectivity index (χ2v) is 9.93. The Hall–Kier alpha value is -3.27. The van der Waals surface area contributed by atoms with E-state index >= 15 is 0 Å². The van der Waals surface area contributed by atoms with Gasteiger partial charge in [-0.2, -0.15) is 0 Å². The van der Waals surface area contributed by atoms with Crippen LogP contribution in [0.4, 0.5) is 11.6 Å². The Balaban J connectivity index is 1.39. The number of non-ortho nitro benzene ring substituents is 1. The van der Waals surface area contributed by atoms with Gasteiger partial charge in [-0.15, -0.1) is 11.3 Å². The number of thiophene rings is 1.